The first-order valence-electron chi connectivity index (χ1n) is 3.97. The fraction of sp³-hybridized carbons (Fsp3) is 0.222. The number of phenolic OH excluding ortho intramolecular Hbond substituents is 1. The number of carbonyl (C=O) groups is 1. The fourth-order valence-corrected chi connectivity index (χ4v) is 1.53. The van der Waals surface area contributed by atoms with Gasteiger partial charge in [0, 0.05) is 13.6 Å². The van der Waals surface area contributed by atoms with Crippen LogP contribution in [-0.2, 0) is 6.54 Å². The molecule has 1 aromatic rings. The molecular formula is C9H7F2NO2. The molecule has 1 aliphatic heterocycles. The van der Waals surface area contributed by atoms with Crippen molar-refractivity contribution in [3.8, 4) is 5.75 Å². The molecule has 5 heteroatoms. The smallest absolute Gasteiger partial charge is 0.257 e. The van der Waals surface area contributed by atoms with Crippen molar-refractivity contribution >= 4 is 5.91 Å². The summed E-state index contributed by atoms with van der Waals surface area (Å²) >= 11 is 0. The molecule has 0 saturated heterocycles. The van der Waals surface area contributed by atoms with Gasteiger partial charge in [-0.1, -0.05) is 0 Å². The van der Waals surface area contributed by atoms with E-state index in [0.717, 1.165) is 6.07 Å². The van der Waals surface area contributed by atoms with Crippen LogP contribution in [0.1, 0.15) is 15.9 Å². The summed E-state index contributed by atoms with van der Waals surface area (Å²) in [6.07, 6.45) is 0. The van der Waals surface area contributed by atoms with Gasteiger partial charge >= 0.3 is 0 Å². The highest BCUT2D eigenvalue weighted by molar-refractivity contribution is 5.98. The van der Waals surface area contributed by atoms with E-state index < -0.39 is 23.3 Å². The zero-order valence-electron chi connectivity index (χ0n) is 7.34. The van der Waals surface area contributed by atoms with Gasteiger partial charge in [-0.2, -0.15) is 0 Å². The monoisotopic (exact) mass is 199 g/mol. The Bertz CT molecular complexity index is 431. The van der Waals surface area contributed by atoms with E-state index in [1.807, 2.05) is 0 Å². The molecule has 0 aliphatic carbocycles. The van der Waals surface area contributed by atoms with Crippen molar-refractivity contribution in [3.05, 3.63) is 28.8 Å². The molecule has 74 valence electrons. The number of rotatable bonds is 0. The summed E-state index contributed by atoms with van der Waals surface area (Å²) in [5.74, 6) is -3.83. The number of hydrogen-bond acceptors (Lipinski definition) is 2. The van der Waals surface area contributed by atoms with E-state index in [-0.39, 0.29) is 17.7 Å². The van der Waals surface area contributed by atoms with Crippen molar-refractivity contribution in [2.24, 2.45) is 0 Å². The van der Waals surface area contributed by atoms with Crippen LogP contribution in [0.4, 0.5) is 8.78 Å². The van der Waals surface area contributed by atoms with Crippen molar-refractivity contribution in [1.29, 1.82) is 0 Å². The minimum atomic E-state index is -1.17. The van der Waals surface area contributed by atoms with E-state index in [2.05, 4.69) is 0 Å². The predicted molar refractivity (Wildman–Crippen MR) is 43.8 cm³/mol. The summed E-state index contributed by atoms with van der Waals surface area (Å²) in [5, 5.41) is 8.95. The van der Waals surface area contributed by atoms with Gasteiger partial charge in [-0.15, -0.1) is 0 Å². The third-order valence-electron chi connectivity index (χ3n) is 2.24. The van der Waals surface area contributed by atoms with E-state index in [0.29, 0.717) is 0 Å². The number of aromatic hydroxyl groups is 1. The third kappa shape index (κ3) is 0.982. The standard InChI is InChI=1S/C9H7F2NO2/c1-12-3-4-2-5(10)8(13)7(11)6(4)9(12)14/h2,13H,3H2,1H3. The molecular weight excluding hydrogens is 192 g/mol. The van der Waals surface area contributed by atoms with Crippen molar-refractivity contribution in [3.63, 3.8) is 0 Å². The van der Waals surface area contributed by atoms with Crippen LogP contribution in [0.15, 0.2) is 6.07 Å². The summed E-state index contributed by atoms with van der Waals surface area (Å²) in [6, 6.07) is 0.981. The van der Waals surface area contributed by atoms with Gasteiger partial charge in [0.15, 0.2) is 17.4 Å². The Kier molecular flexibility index (Phi) is 1.70. The molecule has 0 unspecified atom stereocenters. The maximum Gasteiger partial charge on any atom is 0.257 e. The highest BCUT2D eigenvalue weighted by Crippen LogP contribution is 2.31. The van der Waals surface area contributed by atoms with Gasteiger partial charge in [0.05, 0.1) is 5.56 Å². The third-order valence-corrected chi connectivity index (χ3v) is 2.24. The van der Waals surface area contributed by atoms with Crippen molar-refractivity contribution < 1.29 is 18.7 Å². The number of benzene rings is 1. The Labute approximate surface area is 78.6 Å². The first kappa shape index (κ1) is 8.93. The zero-order valence-corrected chi connectivity index (χ0v) is 7.34. The van der Waals surface area contributed by atoms with Gasteiger partial charge in [-0.3, -0.25) is 4.79 Å². The predicted octanol–water partition coefficient (Wildman–Crippen LogP) is 1.26. The van der Waals surface area contributed by atoms with E-state index in [9.17, 15) is 13.6 Å². The van der Waals surface area contributed by atoms with Crippen molar-refractivity contribution in [1.82, 2.24) is 4.90 Å². The molecule has 1 heterocycles. The maximum atomic E-state index is 13.2. The lowest BCUT2D eigenvalue weighted by Crippen LogP contribution is -2.18. The minimum absolute atomic E-state index is 0.169. The minimum Gasteiger partial charge on any atom is -0.503 e. The number of fused-ring (bicyclic) bond motifs is 1. The molecule has 0 fully saturated rings. The van der Waals surface area contributed by atoms with Crippen molar-refractivity contribution in [2.75, 3.05) is 7.05 Å². The summed E-state index contributed by atoms with van der Waals surface area (Å²) in [5.41, 5.74) is 0.0386. The quantitative estimate of drug-likeness (QED) is 0.683. The van der Waals surface area contributed by atoms with Crippen LogP contribution < -0.4 is 0 Å². The lowest BCUT2D eigenvalue weighted by atomic mass is 10.1. The lowest BCUT2D eigenvalue weighted by Gasteiger charge is -2.04. The van der Waals surface area contributed by atoms with Crippen LogP contribution in [0.25, 0.3) is 0 Å². The van der Waals surface area contributed by atoms with Crippen molar-refractivity contribution in [2.45, 2.75) is 6.54 Å². The normalized spacial score (nSPS) is 14.8. The maximum absolute atomic E-state index is 13.2. The fourth-order valence-electron chi connectivity index (χ4n) is 1.53. The molecule has 1 aliphatic rings. The van der Waals surface area contributed by atoms with E-state index in [4.69, 9.17) is 5.11 Å². The number of hydrogen-bond donors (Lipinski definition) is 1. The van der Waals surface area contributed by atoms with E-state index >= 15 is 0 Å². The van der Waals surface area contributed by atoms with Crippen LogP contribution in [0, 0.1) is 11.6 Å². The summed E-state index contributed by atoms with van der Waals surface area (Å²) < 4.78 is 26.1. The summed E-state index contributed by atoms with van der Waals surface area (Å²) in [6.45, 7) is 0.169. The second-order valence-electron chi connectivity index (χ2n) is 3.22. The Hall–Kier alpha value is -1.65. The first-order chi connectivity index (χ1) is 6.52. The topological polar surface area (TPSA) is 40.5 Å². The summed E-state index contributed by atoms with van der Waals surface area (Å²) in [7, 11) is 1.48. The second-order valence-corrected chi connectivity index (χ2v) is 3.22. The molecule has 1 aromatic carbocycles. The summed E-state index contributed by atoms with van der Waals surface area (Å²) in [4.78, 5) is 12.6. The first-order valence-corrected chi connectivity index (χ1v) is 3.97. The van der Waals surface area contributed by atoms with Gasteiger partial charge in [0.2, 0.25) is 0 Å². The molecule has 3 nitrogen and oxygen atoms in total. The SMILES string of the molecule is CN1Cc2cc(F)c(O)c(F)c2C1=O. The van der Waals surface area contributed by atoms with E-state index in [1.165, 1.54) is 11.9 Å². The van der Waals surface area contributed by atoms with Gasteiger partial charge in [-0.25, -0.2) is 8.78 Å². The molecule has 1 amide bonds. The average molecular weight is 199 g/mol. The Morgan fingerprint density at radius 1 is 1.50 bits per heavy atom. The number of halogens is 2. The molecule has 2 rings (SSSR count). The van der Waals surface area contributed by atoms with Crippen LogP contribution in [0.5, 0.6) is 5.75 Å². The molecule has 0 radical (unpaired) electrons. The van der Waals surface area contributed by atoms with Gasteiger partial charge < -0.3 is 10.0 Å². The second kappa shape index (κ2) is 2.67. The average Bonchev–Trinajstić information content (AvgIpc) is 2.39. The lowest BCUT2D eigenvalue weighted by molar-refractivity contribution is 0.0812. The number of phenols is 1. The molecule has 0 saturated carbocycles. The van der Waals surface area contributed by atoms with Crippen LogP contribution in [0.3, 0.4) is 0 Å². The van der Waals surface area contributed by atoms with E-state index in [1.54, 1.807) is 0 Å². The number of amides is 1. The highest BCUT2D eigenvalue weighted by Gasteiger charge is 2.31. The Morgan fingerprint density at radius 2 is 2.14 bits per heavy atom. The van der Waals surface area contributed by atoms with Crippen LogP contribution in [-0.4, -0.2) is 23.0 Å². The molecule has 14 heavy (non-hydrogen) atoms. The molecule has 0 atom stereocenters. The molecule has 0 bridgehead atoms. The van der Waals surface area contributed by atoms with Gasteiger partial charge in [0.1, 0.15) is 0 Å². The highest BCUT2D eigenvalue weighted by atomic mass is 19.1. The van der Waals surface area contributed by atoms with Gasteiger partial charge in [0.25, 0.3) is 5.91 Å². The van der Waals surface area contributed by atoms with Crippen LogP contribution in [0.2, 0.25) is 0 Å². The number of carbonyl (C=O) groups excluding carboxylic acids is 1. The van der Waals surface area contributed by atoms with Crippen LogP contribution >= 0.6 is 0 Å². The molecule has 1 N–H and O–H groups in total. The Balaban J connectivity index is 2.71. The Morgan fingerprint density at radius 3 is 2.79 bits per heavy atom. The zero-order chi connectivity index (χ0) is 10.5. The number of nitrogens with zero attached hydrogens (tertiary/aromatic N) is 1. The largest absolute Gasteiger partial charge is 0.503 e. The molecule has 0 aromatic heterocycles. The van der Waals surface area contributed by atoms with Gasteiger partial charge in [-0.05, 0) is 11.6 Å². The molecule has 0 spiro atoms.